The summed E-state index contributed by atoms with van der Waals surface area (Å²) >= 11 is 0. The summed E-state index contributed by atoms with van der Waals surface area (Å²) in [5.41, 5.74) is 37.2. The van der Waals surface area contributed by atoms with Gasteiger partial charge in [-0.1, -0.05) is 455 Å². The van der Waals surface area contributed by atoms with Gasteiger partial charge in [-0.2, -0.15) is 0 Å². The van der Waals surface area contributed by atoms with Crippen LogP contribution in [-0.4, -0.2) is 0 Å². The van der Waals surface area contributed by atoms with Gasteiger partial charge in [0.05, 0.1) is 33.0 Å². The standard InChI is InChI=1S/C68H47N.C58H39N/c1-6-22-48(23-7-1)51-38-40-56(41-39-51)69(58-45-52(49-24-8-2-9-25-49)44-53(46-58)50-26-10-3-11-27-50)57-42-43-60-59-32-16-17-33-61(59)68(66(60)47-57)64-36-20-18-34-62(64)67(54-28-12-4-13-29-54,55-30-14-5-15-31-55)63-35-19-21-37-65(63)68;1-3-23-42(24-4-1)57(43-25-5-2-6-26-43)50-31-13-15-33-52(50)58(53-34-16-14-32-51(53)57)49-30-12-11-29-47(49)48-38-37-44(39-54(48)58)59(55-35-17-21-40-19-7-9-27-45(40)55)56-36-18-22-41-20-8-10-28-46(41)56/h1-47H;1-39H. The van der Waals surface area contributed by atoms with Crippen molar-refractivity contribution in [3.05, 3.63) is 611 Å². The molecule has 0 radical (unpaired) electrons. The number of fused-ring (bicyclic) bond motifs is 20. The maximum Gasteiger partial charge on any atom is 0.0720 e. The molecule has 0 N–H and O–H groups in total. The molecule has 600 valence electrons. The molecule has 0 heterocycles. The van der Waals surface area contributed by atoms with Gasteiger partial charge in [-0.15, -0.1) is 0 Å². The van der Waals surface area contributed by atoms with Crippen LogP contribution in [0.15, 0.2) is 522 Å². The lowest BCUT2D eigenvalue weighted by atomic mass is 9.51. The van der Waals surface area contributed by atoms with Crippen molar-refractivity contribution in [2.24, 2.45) is 0 Å². The fraction of sp³-hybridized carbons (Fsp3) is 0.0317. The van der Waals surface area contributed by atoms with E-state index in [0.717, 1.165) is 45.3 Å². The zero-order valence-corrected chi connectivity index (χ0v) is 70.5. The Morgan fingerprint density at radius 3 is 0.750 bits per heavy atom. The van der Waals surface area contributed by atoms with Crippen LogP contribution in [0.25, 0.3) is 77.2 Å². The number of hydrogen-bond acceptors (Lipinski definition) is 2. The summed E-state index contributed by atoms with van der Waals surface area (Å²) in [5.74, 6) is 0. The highest BCUT2D eigenvalue weighted by Gasteiger charge is 2.59. The minimum atomic E-state index is -0.633. The number of rotatable bonds is 13. The van der Waals surface area contributed by atoms with Crippen LogP contribution in [0.2, 0.25) is 0 Å². The molecule has 21 aromatic carbocycles. The molecule has 25 rings (SSSR count). The van der Waals surface area contributed by atoms with Gasteiger partial charge in [0.25, 0.3) is 0 Å². The largest absolute Gasteiger partial charge is 0.310 e. The van der Waals surface area contributed by atoms with Gasteiger partial charge in [0.15, 0.2) is 0 Å². The van der Waals surface area contributed by atoms with E-state index in [0.29, 0.717) is 0 Å². The van der Waals surface area contributed by atoms with Crippen molar-refractivity contribution in [2.75, 3.05) is 9.80 Å². The van der Waals surface area contributed by atoms with E-state index in [-0.39, 0.29) is 0 Å². The number of anilines is 6. The Morgan fingerprint density at radius 2 is 0.391 bits per heavy atom. The predicted octanol–water partition coefficient (Wildman–Crippen LogP) is 31.7. The van der Waals surface area contributed by atoms with Crippen LogP contribution in [0.5, 0.6) is 0 Å². The third-order valence-electron chi connectivity index (χ3n) is 28.0. The maximum atomic E-state index is 2.52. The van der Waals surface area contributed by atoms with E-state index in [4.69, 9.17) is 0 Å². The molecule has 0 amide bonds. The minimum Gasteiger partial charge on any atom is -0.310 e. The van der Waals surface area contributed by atoms with Crippen LogP contribution in [0, 0.1) is 0 Å². The van der Waals surface area contributed by atoms with Gasteiger partial charge in [0.2, 0.25) is 0 Å². The average Bonchev–Trinajstić information content (AvgIpc) is 1.40. The molecule has 0 unspecified atom stereocenters. The number of benzene rings is 21. The first-order valence-electron chi connectivity index (χ1n) is 44.6. The zero-order valence-electron chi connectivity index (χ0n) is 70.5. The van der Waals surface area contributed by atoms with Crippen molar-refractivity contribution in [1.82, 2.24) is 0 Å². The van der Waals surface area contributed by atoms with Crippen LogP contribution in [0.1, 0.15) is 89.0 Å². The monoisotopic (exact) mass is 1630 g/mol. The Kier molecular flexibility index (Phi) is 18.2. The molecule has 0 aliphatic heterocycles. The molecule has 4 aliphatic carbocycles. The van der Waals surface area contributed by atoms with Crippen LogP contribution in [-0.2, 0) is 21.7 Å². The van der Waals surface area contributed by atoms with Crippen LogP contribution < -0.4 is 9.80 Å². The van der Waals surface area contributed by atoms with Crippen LogP contribution in [0.3, 0.4) is 0 Å². The Hall–Kier alpha value is -16.3. The van der Waals surface area contributed by atoms with E-state index in [1.165, 1.54) is 155 Å². The molecule has 2 heteroatoms. The number of nitrogens with zero attached hydrogens (tertiary/aromatic N) is 2. The predicted molar refractivity (Wildman–Crippen MR) is 532 cm³/mol. The molecular formula is C126H86N2. The van der Waals surface area contributed by atoms with Gasteiger partial charge in [0, 0.05) is 33.5 Å². The van der Waals surface area contributed by atoms with Crippen molar-refractivity contribution in [3.63, 3.8) is 0 Å². The van der Waals surface area contributed by atoms with Gasteiger partial charge in [-0.25, -0.2) is 0 Å². The van der Waals surface area contributed by atoms with E-state index < -0.39 is 21.7 Å². The molecule has 0 saturated heterocycles. The van der Waals surface area contributed by atoms with Gasteiger partial charge >= 0.3 is 0 Å². The zero-order chi connectivity index (χ0) is 84.8. The summed E-state index contributed by atoms with van der Waals surface area (Å²) in [5, 5.41) is 4.86. The molecule has 21 aromatic rings. The van der Waals surface area contributed by atoms with E-state index in [1.54, 1.807) is 0 Å². The molecule has 0 atom stereocenters. The third kappa shape index (κ3) is 11.5. The van der Waals surface area contributed by atoms with E-state index >= 15 is 0 Å². The number of hydrogen-bond donors (Lipinski definition) is 0. The van der Waals surface area contributed by atoms with Gasteiger partial charge < -0.3 is 9.80 Å². The molecule has 128 heavy (non-hydrogen) atoms. The first-order valence-corrected chi connectivity index (χ1v) is 44.6. The summed E-state index contributed by atoms with van der Waals surface area (Å²) in [7, 11) is 0. The summed E-state index contributed by atoms with van der Waals surface area (Å²) < 4.78 is 0. The smallest absolute Gasteiger partial charge is 0.0720 e. The Morgan fingerprint density at radius 1 is 0.133 bits per heavy atom. The van der Waals surface area contributed by atoms with Crippen molar-refractivity contribution in [3.8, 4) is 55.6 Å². The lowest BCUT2D eigenvalue weighted by molar-refractivity contribution is 0.623. The lowest BCUT2D eigenvalue weighted by Gasteiger charge is -2.50. The van der Waals surface area contributed by atoms with Crippen LogP contribution in [0.4, 0.5) is 34.1 Å². The Balaban J connectivity index is 0.000000144. The fourth-order valence-corrected chi connectivity index (χ4v) is 22.9. The average molecular weight is 1630 g/mol. The molecule has 0 saturated carbocycles. The van der Waals surface area contributed by atoms with Crippen LogP contribution >= 0.6 is 0 Å². The first kappa shape index (κ1) is 75.5. The van der Waals surface area contributed by atoms with Gasteiger partial charge in [0.1, 0.15) is 0 Å². The normalized spacial score (nSPS) is 13.7. The Bertz CT molecular complexity index is 7470. The summed E-state index contributed by atoms with van der Waals surface area (Å²) in [6.07, 6.45) is 0. The summed E-state index contributed by atoms with van der Waals surface area (Å²) in [4.78, 5) is 4.98. The highest BCUT2D eigenvalue weighted by molar-refractivity contribution is 6.06. The molecule has 0 aromatic heterocycles. The van der Waals surface area contributed by atoms with Gasteiger partial charge in [-0.3, -0.25) is 0 Å². The van der Waals surface area contributed by atoms with Crippen molar-refractivity contribution >= 4 is 55.7 Å². The second-order valence-electron chi connectivity index (χ2n) is 34.3. The molecule has 0 fully saturated rings. The van der Waals surface area contributed by atoms with E-state index in [9.17, 15) is 0 Å². The second-order valence-corrected chi connectivity index (χ2v) is 34.3. The summed E-state index contributed by atoms with van der Waals surface area (Å²) in [6.45, 7) is 0. The van der Waals surface area contributed by atoms with E-state index in [1.807, 2.05) is 0 Å². The SMILES string of the molecule is c1ccc(-c2ccc(N(c3cc(-c4ccccc4)cc(-c4ccccc4)c3)c3ccc4c(c3)C3(c5ccccc5-4)c4ccccc4C(c4ccccc4)(c4ccccc4)c4ccccc43)cc2)cc1.c1ccc(C2(c3ccccc3)c3ccccc3C3(c4ccccc4-c4ccc(N(c5cccc6ccccc56)c5cccc6ccccc56)cc43)c3ccccc32)cc1. The quantitative estimate of drug-likeness (QED) is 0.114. The molecular weight excluding hydrogens is 1540 g/mol. The summed E-state index contributed by atoms with van der Waals surface area (Å²) in [6, 6.07) is 194. The van der Waals surface area contributed by atoms with Crippen molar-refractivity contribution in [2.45, 2.75) is 21.7 Å². The minimum absolute atomic E-state index is 0.547. The van der Waals surface area contributed by atoms with Gasteiger partial charge in [-0.05, 0) is 222 Å². The second kappa shape index (κ2) is 30.9. The molecule has 2 spiro atoms. The van der Waals surface area contributed by atoms with Crippen molar-refractivity contribution in [1.29, 1.82) is 0 Å². The van der Waals surface area contributed by atoms with Crippen molar-refractivity contribution < 1.29 is 0 Å². The first-order chi connectivity index (χ1) is 63.5. The third-order valence-corrected chi connectivity index (χ3v) is 28.0. The highest BCUT2D eigenvalue weighted by atomic mass is 15.2. The highest BCUT2D eigenvalue weighted by Crippen LogP contribution is 2.68. The molecule has 0 bridgehead atoms. The lowest BCUT2D eigenvalue weighted by Crippen LogP contribution is -2.44. The van der Waals surface area contributed by atoms with E-state index in [2.05, 4.69) is 532 Å². The Labute approximate surface area is 748 Å². The fourth-order valence-electron chi connectivity index (χ4n) is 22.9. The topological polar surface area (TPSA) is 6.48 Å². The molecule has 2 nitrogen and oxygen atoms in total. The maximum absolute atomic E-state index is 2.52. The molecule has 4 aliphatic rings.